The molecule has 0 atom stereocenters. The summed E-state index contributed by atoms with van der Waals surface area (Å²) in [5.74, 6) is -0.107. The Morgan fingerprint density at radius 2 is 1.71 bits per heavy atom. The van der Waals surface area contributed by atoms with E-state index in [1.165, 1.54) is 17.8 Å². The van der Waals surface area contributed by atoms with E-state index in [2.05, 4.69) is 5.10 Å². The van der Waals surface area contributed by atoms with Crippen LogP contribution in [0.1, 0.15) is 25.7 Å². The van der Waals surface area contributed by atoms with Gasteiger partial charge in [-0.25, -0.2) is 9.48 Å². The molecule has 1 saturated heterocycles. The van der Waals surface area contributed by atoms with Crippen molar-refractivity contribution < 1.29 is 4.79 Å². The summed E-state index contributed by atoms with van der Waals surface area (Å²) in [4.78, 5) is 40.2. The van der Waals surface area contributed by atoms with E-state index < -0.39 is 11.2 Å². The number of amides is 1. The molecule has 0 radical (unpaired) electrons. The fourth-order valence-electron chi connectivity index (χ4n) is 3.75. The molecule has 0 aliphatic carbocycles. The molecule has 1 aliphatic heterocycles. The van der Waals surface area contributed by atoms with Gasteiger partial charge in [0.15, 0.2) is 5.65 Å². The maximum absolute atomic E-state index is 12.9. The second kappa shape index (κ2) is 7.46. The minimum absolute atomic E-state index is 0.107. The van der Waals surface area contributed by atoms with Crippen LogP contribution >= 0.6 is 0 Å². The zero-order chi connectivity index (χ0) is 19.7. The predicted octanol–water partition coefficient (Wildman–Crippen LogP) is 1.29. The Kier molecular flexibility index (Phi) is 4.85. The van der Waals surface area contributed by atoms with Crippen molar-refractivity contribution in [2.24, 2.45) is 7.05 Å². The molecule has 8 heteroatoms. The molecule has 28 heavy (non-hydrogen) atoms. The largest absolute Gasteiger partial charge is 0.341 e. The summed E-state index contributed by atoms with van der Waals surface area (Å²) in [7, 11) is 1.43. The van der Waals surface area contributed by atoms with Gasteiger partial charge < -0.3 is 4.90 Å². The number of hydrogen-bond acceptors (Lipinski definition) is 4. The van der Waals surface area contributed by atoms with E-state index in [1.807, 2.05) is 35.2 Å². The third kappa shape index (κ3) is 3.15. The Bertz CT molecular complexity index is 1120. The highest BCUT2D eigenvalue weighted by molar-refractivity contribution is 5.80. The summed E-state index contributed by atoms with van der Waals surface area (Å²) < 4.78 is 3.95. The number of rotatable bonds is 3. The first-order valence-corrected chi connectivity index (χ1v) is 9.58. The molecule has 0 saturated carbocycles. The number of aromatic nitrogens is 4. The third-order valence-corrected chi connectivity index (χ3v) is 5.31. The predicted molar refractivity (Wildman–Crippen MR) is 106 cm³/mol. The second-order valence-electron chi connectivity index (χ2n) is 7.16. The molecule has 8 nitrogen and oxygen atoms in total. The number of carbonyl (C=O) groups excluding carboxylic acids is 1. The molecular formula is C20H23N5O3. The lowest BCUT2D eigenvalue weighted by molar-refractivity contribution is -0.131. The van der Waals surface area contributed by atoms with Crippen LogP contribution in [-0.2, 0) is 18.4 Å². The van der Waals surface area contributed by atoms with Crippen LogP contribution in [0, 0.1) is 0 Å². The fraction of sp³-hybridized carbons (Fsp3) is 0.400. The summed E-state index contributed by atoms with van der Waals surface area (Å²) >= 11 is 0. The maximum Gasteiger partial charge on any atom is 0.332 e. The number of para-hydroxylation sites is 1. The van der Waals surface area contributed by atoms with Crippen LogP contribution in [-0.4, -0.2) is 42.8 Å². The molecule has 1 fully saturated rings. The monoisotopic (exact) mass is 381 g/mol. The van der Waals surface area contributed by atoms with E-state index in [0.29, 0.717) is 24.1 Å². The number of carbonyl (C=O) groups is 1. The average Bonchev–Trinajstić information content (AvgIpc) is 2.97. The molecule has 0 unspecified atom stereocenters. The van der Waals surface area contributed by atoms with E-state index >= 15 is 0 Å². The van der Waals surface area contributed by atoms with Crippen molar-refractivity contribution in [2.75, 3.05) is 13.1 Å². The van der Waals surface area contributed by atoms with E-state index in [-0.39, 0.29) is 12.5 Å². The van der Waals surface area contributed by atoms with Gasteiger partial charge >= 0.3 is 5.69 Å². The first-order chi connectivity index (χ1) is 13.6. The highest BCUT2D eigenvalue weighted by Gasteiger charge is 2.22. The van der Waals surface area contributed by atoms with E-state index in [9.17, 15) is 14.4 Å². The summed E-state index contributed by atoms with van der Waals surface area (Å²) in [6.45, 7) is 1.31. The first-order valence-electron chi connectivity index (χ1n) is 9.58. The molecule has 0 spiro atoms. The Hall–Kier alpha value is -3.16. The third-order valence-electron chi connectivity index (χ3n) is 5.31. The van der Waals surface area contributed by atoms with E-state index in [4.69, 9.17) is 0 Å². The van der Waals surface area contributed by atoms with Gasteiger partial charge in [0.25, 0.3) is 5.56 Å². The van der Waals surface area contributed by atoms with Crippen LogP contribution < -0.4 is 11.2 Å². The molecule has 2 aromatic heterocycles. The highest BCUT2D eigenvalue weighted by atomic mass is 16.2. The SMILES string of the molecule is Cn1c(=O)c2cnn(-c3ccccc3)c2n(CC(=O)N2CCCCCC2)c1=O. The summed E-state index contributed by atoms with van der Waals surface area (Å²) in [6.07, 6.45) is 5.65. The number of hydrogen-bond donors (Lipinski definition) is 0. The fourth-order valence-corrected chi connectivity index (χ4v) is 3.75. The molecule has 4 rings (SSSR count). The van der Waals surface area contributed by atoms with Gasteiger partial charge in [-0.15, -0.1) is 0 Å². The number of likely N-dealkylation sites (tertiary alicyclic amines) is 1. The zero-order valence-electron chi connectivity index (χ0n) is 15.9. The van der Waals surface area contributed by atoms with Gasteiger partial charge in [0, 0.05) is 20.1 Å². The van der Waals surface area contributed by atoms with Crippen LogP contribution in [0.25, 0.3) is 16.7 Å². The summed E-state index contributed by atoms with van der Waals surface area (Å²) in [5.41, 5.74) is 0.141. The van der Waals surface area contributed by atoms with Crippen LogP contribution in [0.4, 0.5) is 0 Å². The van der Waals surface area contributed by atoms with Crippen molar-refractivity contribution >= 4 is 16.9 Å². The maximum atomic E-state index is 12.9. The molecule has 3 heterocycles. The highest BCUT2D eigenvalue weighted by Crippen LogP contribution is 2.15. The lowest BCUT2D eigenvalue weighted by Crippen LogP contribution is -2.43. The van der Waals surface area contributed by atoms with Gasteiger partial charge in [-0.2, -0.15) is 5.10 Å². The van der Waals surface area contributed by atoms with Crippen LogP contribution in [0.5, 0.6) is 0 Å². The van der Waals surface area contributed by atoms with Crippen LogP contribution in [0.3, 0.4) is 0 Å². The van der Waals surface area contributed by atoms with Crippen LogP contribution in [0.15, 0.2) is 46.1 Å². The number of nitrogens with zero attached hydrogens (tertiary/aromatic N) is 5. The van der Waals surface area contributed by atoms with Gasteiger partial charge in [0.2, 0.25) is 5.91 Å². The second-order valence-corrected chi connectivity index (χ2v) is 7.16. The van der Waals surface area contributed by atoms with E-state index in [0.717, 1.165) is 35.9 Å². The van der Waals surface area contributed by atoms with Gasteiger partial charge in [0.05, 0.1) is 11.9 Å². The van der Waals surface area contributed by atoms with E-state index in [1.54, 1.807) is 4.68 Å². The molecule has 0 bridgehead atoms. The van der Waals surface area contributed by atoms with Gasteiger partial charge in [-0.05, 0) is 25.0 Å². The molecule has 0 N–H and O–H groups in total. The normalized spacial score (nSPS) is 15.0. The average molecular weight is 381 g/mol. The molecule has 1 amide bonds. The Balaban J connectivity index is 1.84. The zero-order valence-corrected chi connectivity index (χ0v) is 15.9. The van der Waals surface area contributed by atoms with Gasteiger partial charge in [-0.3, -0.25) is 18.7 Å². The standard InChI is InChI=1S/C20H23N5O3/c1-22-19(27)16-13-21-25(15-9-5-4-6-10-15)18(16)24(20(22)28)14-17(26)23-11-7-2-3-8-12-23/h4-6,9-10,13H,2-3,7-8,11-12,14H2,1H3. The smallest absolute Gasteiger partial charge is 0.332 e. The van der Waals surface area contributed by atoms with Crippen molar-refractivity contribution in [3.8, 4) is 5.69 Å². The Labute approximate surface area is 161 Å². The summed E-state index contributed by atoms with van der Waals surface area (Å²) in [5, 5.41) is 4.64. The van der Waals surface area contributed by atoms with Crippen molar-refractivity contribution in [1.29, 1.82) is 0 Å². The molecule has 3 aromatic rings. The van der Waals surface area contributed by atoms with Crippen LogP contribution in [0.2, 0.25) is 0 Å². The van der Waals surface area contributed by atoms with Crippen molar-refractivity contribution in [1.82, 2.24) is 23.8 Å². The molecule has 1 aromatic carbocycles. The Morgan fingerprint density at radius 1 is 1.04 bits per heavy atom. The minimum Gasteiger partial charge on any atom is -0.341 e. The van der Waals surface area contributed by atoms with Crippen molar-refractivity contribution in [2.45, 2.75) is 32.2 Å². The lowest BCUT2D eigenvalue weighted by Gasteiger charge is -2.21. The van der Waals surface area contributed by atoms with Gasteiger partial charge in [-0.1, -0.05) is 31.0 Å². The first kappa shape index (κ1) is 18.2. The minimum atomic E-state index is -0.515. The topological polar surface area (TPSA) is 82.1 Å². The van der Waals surface area contributed by atoms with Crippen molar-refractivity contribution in [3.63, 3.8) is 0 Å². The van der Waals surface area contributed by atoms with Gasteiger partial charge in [0.1, 0.15) is 11.9 Å². The summed E-state index contributed by atoms with van der Waals surface area (Å²) in [6, 6.07) is 9.28. The quantitative estimate of drug-likeness (QED) is 0.685. The molecular weight excluding hydrogens is 358 g/mol. The number of fused-ring (bicyclic) bond motifs is 1. The number of benzene rings is 1. The molecule has 1 aliphatic rings. The lowest BCUT2D eigenvalue weighted by atomic mass is 10.2. The molecule has 146 valence electrons. The van der Waals surface area contributed by atoms with Crippen molar-refractivity contribution in [3.05, 3.63) is 57.4 Å². The Morgan fingerprint density at radius 3 is 2.39 bits per heavy atom.